The van der Waals surface area contributed by atoms with E-state index in [0.29, 0.717) is 6.04 Å². The van der Waals surface area contributed by atoms with Gasteiger partial charge in [0.25, 0.3) is 0 Å². The van der Waals surface area contributed by atoms with Crippen LogP contribution in [0.4, 0.5) is 0 Å². The summed E-state index contributed by atoms with van der Waals surface area (Å²) in [5.74, 6) is 1.19. The summed E-state index contributed by atoms with van der Waals surface area (Å²) in [5.41, 5.74) is 2.92. The van der Waals surface area contributed by atoms with E-state index in [1.165, 1.54) is 17.0 Å². The van der Waals surface area contributed by atoms with E-state index < -0.39 is 0 Å². The second-order valence-electron chi connectivity index (χ2n) is 5.35. The summed E-state index contributed by atoms with van der Waals surface area (Å²) in [6, 6.07) is 9.28. The molecule has 98 valence electrons. The van der Waals surface area contributed by atoms with Gasteiger partial charge in [0.15, 0.2) is 0 Å². The Labute approximate surface area is 113 Å². The van der Waals surface area contributed by atoms with Crippen molar-refractivity contribution in [3.63, 3.8) is 0 Å². The summed E-state index contributed by atoms with van der Waals surface area (Å²) in [6.07, 6.45) is 3.99. The highest BCUT2D eigenvalue weighted by atomic mass is 15.3. The van der Waals surface area contributed by atoms with E-state index in [2.05, 4.69) is 50.2 Å². The van der Waals surface area contributed by atoms with Crippen LogP contribution in [0.25, 0.3) is 0 Å². The number of hydrogen-bond acceptors (Lipinski definition) is 3. The van der Waals surface area contributed by atoms with Crippen molar-refractivity contribution < 1.29 is 0 Å². The Morgan fingerprint density at radius 2 is 2.16 bits per heavy atom. The minimum absolute atomic E-state index is 0.482. The third kappa shape index (κ3) is 1.88. The van der Waals surface area contributed by atoms with E-state index in [1.807, 2.05) is 6.20 Å². The number of nitrogens with zero attached hydrogens (tertiary/aromatic N) is 3. The van der Waals surface area contributed by atoms with Crippen LogP contribution in [0.1, 0.15) is 23.0 Å². The van der Waals surface area contributed by atoms with Crippen LogP contribution in [0.2, 0.25) is 0 Å². The number of imidazole rings is 1. The van der Waals surface area contributed by atoms with E-state index in [9.17, 15) is 0 Å². The first-order valence-electron chi connectivity index (χ1n) is 6.94. The molecule has 4 heteroatoms. The summed E-state index contributed by atoms with van der Waals surface area (Å²) < 4.78 is 2.26. The molecule has 0 fully saturated rings. The van der Waals surface area contributed by atoms with Crippen LogP contribution in [0.15, 0.2) is 36.7 Å². The largest absolute Gasteiger partial charge is 0.333 e. The number of nitrogens with one attached hydrogen (secondary N) is 1. The monoisotopic (exact) mass is 254 g/mol. The minimum Gasteiger partial charge on any atom is -0.333 e. The summed E-state index contributed by atoms with van der Waals surface area (Å²) >= 11 is 0. The Kier molecular flexibility index (Phi) is 2.64. The van der Waals surface area contributed by atoms with Gasteiger partial charge in [0, 0.05) is 44.6 Å². The van der Waals surface area contributed by atoms with E-state index in [0.717, 1.165) is 32.7 Å². The van der Waals surface area contributed by atoms with Crippen LogP contribution in [-0.4, -0.2) is 27.5 Å². The van der Waals surface area contributed by atoms with Crippen molar-refractivity contribution in [2.75, 3.05) is 13.1 Å². The van der Waals surface area contributed by atoms with Gasteiger partial charge < -0.3 is 9.88 Å². The molecular weight excluding hydrogens is 236 g/mol. The van der Waals surface area contributed by atoms with Crippen molar-refractivity contribution in [3.8, 4) is 0 Å². The maximum atomic E-state index is 4.46. The van der Waals surface area contributed by atoms with E-state index in [-0.39, 0.29) is 0 Å². The summed E-state index contributed by atoms with van der Waals surface area (Å²) in [5, 5.41) is 3.54. The normalized spacial score (nSPS) is 22.8. The predicted molar refractivity (Wildman–Crippen MR) is 73.5 cm³/mol. The first kappa shape index (κ1) is 11.2. The molecule has 1 aromatic heterocycles. The molecule has 4 rings (SSSR count). The van der Waals surface area contributed by atoms with Crippen molar-refractivity contribution in [2.45, 2.75) is 25.7 Å². The Hall–Kier alpha value is -1.65. The number of hydrogen-bond donors (Lipinski definition) is 1. The summed E-state index contributed by atoms with van der Waals surface area (Å²) in [6.45, 7) is 5.14. The topological polar surface area (TPSA) is 33.1 Å². The van der Waals surface area contributed by atoms with Gasteiger partial charge >= 0.3 is 0 Å². The van der Waals surface area contributed by atoms with Crippen molar-refractivity contribution in [3.05, 3.63) is 53.6 Å². The van der Waals surface area contributed by atoms with Crippen molar-refractivity contribution in [1.29, 1.82) is 0 Å². The molecule has 1 atom stereocenters. The van der Waals surface area contributed by atoms with Crippen molar-refractivity contribution in [2.24, 2.45) is 0 Å². The van der Waals surface area contributed by atoms with Gasteiger partial charge in [-0.2, -0.15) is 0 Å². The first-order chi connectivity index (χ1) is 9.42. The molecule has 0 aliphatic carbocycles. The highest BCUT2D eigenvalue weighted by Crippen LogP contribution is 2.29. The summed E-state index contributed by atoms with van der Waals surface area (Å²) in [4.78, 5) is 7.01. The van der Waals surface area contributed by atoms with Gasteiger partial charge in [0.2, 0.25) is 0 Å². The van der Waals surface area contributed by atoms with E-state index >= 15 is 0 Å². The van der Waals surface area contributed by atoms with Gasteiger partial charge in [-0.05, 0) is 11.1 Å². The maximum absolute atomic E-state index is 4.46. The van der Waals surface area contributed by atoms with Crippen LogP contribution in [0.3, 0.4) is 0 Å². The second kappa shape index (κ2) is 4.47. The zero-order chi connectivity index (χ0) is 12.7. The second-order valence-corrected chi connectivity index (χ2v) is 5.35. The van der Waals surface area contributed by atoms with Crippen molar-refractivity contribution >= 4 is 0 Å². The minimum atomic E-state index is 0.482. The third-order valence-corrected chi connectivity index (χ3v) is 4.28. The highest BCUT2D eigenvalue weighted by Gasteiger charge is 2.28. The van der Waals surface area contributed by atoms with Crippen LogP contribution in [-0.2, 0) is 19.6 Å². The molecule has 0 radical (unpaired) electrons. The Morgan fingerprint density at radius 3 is 3.16 bits per heavy atom. The number of fused-ring (bicyclic) bond motifs is 2. The van der Waals surface area contributed by atoms with E-state index in [1.54, 1.807) is 0 Å². The lowest BCUT2D eigenvalue weighted by Gasteiger charge is -2.38. The van der Waals surface area contributed by atoms with Gasteiger partial charge in [-0.3, -0.25) is 4.90 Å². The van der Waals surface area contributed by atoms with Crippen LogP contribution in [0.5, 0.6) is 0 Å². The lowest BCUT2D eigenvalue weighted by atomic mass is 9.95. The zero-order valence-corrected chi connectivity index (χ0v) is 10.9. The average molecular weight is 254 g/mol. The molecule has 0 bridgehead atoms. The smallest absolute Gasteiger partial charge is 0.122 e. The van der Waals surface area contributed by atoms with Crippen molar-refractivity contribution in [1.82, 2.24) is 19.8 Å². The molecule has 0 amide bonds. The molecule has 1 unspecified atom stereocenters. The molecular formula is C15H18N4. The summed E-state index contributed by atoms with van der Waals surface area (Å²) in [7, 11) is 0. The van der Waals surface area contributed by atoms with Gasteiger partial charge in [-0.15, -0.1) is 0 Å². The zero-order valence-electron chi connectivity index (χ0n) is 10.9. The first-order valence-corrected chi connectivity index (χ1v) is 6.94. The quantitative estimate of drug-likeness (QED) is 0.838. The van der Waals surface area contributed by atoms with Crippen LogP contribution >= 0.6 is 0 Å². The Balaban J connectivity index is 1.65. The fourth-order valence-electron chi connectivity index (χ4n) is 3.26. The molecule has 2 aliphatic heterocycles. The van der Waals surface area contributed by atoms with Gasteiger partial charge in [-0.1, -0.05) is 24.3 Å². The lowest BCUT2D eigenvalue weighted by Crippen LogP contribution is -2.43. The molecule has 2 aromatic rings. The number of rotatable bonds is 1. The molecule has 1 aromatic carbocycles. The molecule has 3 heterocycles. The van der Waals surface area contributed by atoms with E-state index in [4.69, 9.17) is 0 Å². The molecule has 4 nitrogen and oxygen atoms in total. The SMILES string of the molecule is c1ccc2c(c1)CNCC2N1CCn2ccnc2C1. The molecule has 0 spiro atoms. The number of benzene rings is 1. The maximum Gasteiger partial charge on any atom is 0.122 e. The van der Waals surface area contributed by atoms with Crippen LogP contribution < -0.4 is 5.32 Å². The van der Waals surface area contributed by atoms with Gasteiger partial charge in [0.1, 0.15) is 5.82 Å². The molecule has 19 heavy (non-hydrogen) atoms. The Morgan fingerprint density at radius 1 is 1.21 bits per heavy atom. The average Bonchev–Trinajstić information content (AvgIpc) is 2.94. The third-order valence-electron chi connectivity index (χ3n) is 4.28. The number of aromatic nitrogens is 2. The Bertz CT molecular complexity index is 589. The molecule has 0 saturated heterocycles. The molecule has 2 aliphatic rings. The highest BCUT2D eigenvalue weighted by molar-refractivity contribution is 5.32. The fourth-order valence-corrected chi connectivity index (χ4v) is 3.26. The van der Waals surface area contributed by atoms with Gasteiger partial charge in [-0.25, -0.2) is 4.98 Å². The molecule has 1 N–H and O–H groups in total. The lowest BCUT2D eigenvalue weighted by molar-refractivity contribution is 0.143. The van der Waals surface area contributed by atoms with Crippen LogP contribution in [0, 0.1) is 0 Å². The fraction of sp³-hybridized carbons (Fsp3) is 0.400. The standard InChI is InChI=1S/C15H18N4/c1-2-4-13-12(3-1)9-16-10-14(13)19-8-7-18-6-5-17-15(18)11-19/h1-6,14,16H,7-11H2. The molecule has 0 saturated carbocycles. The predicted octanol–water partition coefficient (Wildman–Crippen LogP) is 1.54. The van der Waals surface area contributed by atoms with Gasteiger partial charge in [0.05, 0.1) is 6.54 Å².